The summed E-state index contributed by atoms with van der Waals surface area (Å²) in [5.74, 6) is 2.52. The predicted octanol–water partition coefficient (Wildman–Crippen LogP) is 1.64. The molecule has 0 spiro atoms. The fourth-order valence-electron chi connectivity index (χ4n) is 3.26. The second kappa shape index (κ2) is 0.901. The Kier molecular flexibility index (Phi) is 0.428. The van der Waals surface area contributed by atoms with Crippen LogP contribution in [-0.2, 0) is 0 Å². The zero-order chi connectivity index (χ0) is 6.06. The molecule has 4 atom stereocenters. The van der Waals surface area contributed by atoms with Crippen LogP contribution in [0.3, 0.4) is 0 Å². The average Bonchev–Trinajstić information content (AvgIpc) is 2.44. The molecule has 4 aliphatic rings. The first kappa shape index (κ1) is 4.27. The molecule has 0 aliphatic heterocycles. The van der Waals surface area contributed by atoms with Gasteiger partial charge in [-0.2, -0.15) is 0 Å². The second-order valence-electron chi connectivity index (χ2n) is 3.85. The molecule has 0 radical (unpaired) electrons. The van der Waals surface area contributed by atoms with Crippen molar-refractivity contribution in [3.05, 3.63) is 4.98 Å². The van der Waals surface area contributed by atoms with Gasteiger partial charge in [0.25, 0.3) is 0 Å². The summed E-state index contributed by atoms with van der Waals surface area (Å²) < 4.78 is 0. The van der Waals surface area contributed by atoms with E-state index in [0.717, 1.165) is 17.8 Å². The minimum absolute atomic E-state index is 0.116. The maximum Gasteiger partial charge on any atom is 0.329 e. The van der Waals surface area contributed by atoms with Gasteiger partial charge in [0.05, 0.1) is 11.8 Å². The van der Waals surface area contributed by atoms with Gasteiger partial charge in [-0.1, -0.05) is 0 Å². The van der Waals surface area contributed by atoms with Crippen LogP contribution in [-0.4, -0.2) is 5.54 Å². The summed E-state index contributed by atoms with van der Waals surface area (Å²) in [5.41, 5.74) is 0.116. The van der Waals surface area contributed by atoms with Crippen molar-refractivity contribution in [2.75, 3.05) is 0 Å². The normalized spacial score (nSPS) is 65.9. The third-order valence-corrected chi connectivity index (χ3v) is 3.64. The van der Waals surface area contributed by atoms with Crippen molar-refractivity contribution in [2.24, 2.45) is 17.8 Å². The Hall–Kier alpha value is -0.580. The average molecular weight is 121 g/mol. The van der Waals surface area contributed by atoms with Gasteiger partial charge < -0.3 is 0 Å². The lowest BCUT2D eigenvalue weighted by molar-refractivity contribution is 0.602. The van der Waals surface area contributed by atoms with E-state index in [1.54, 1.807) is 0 Å². The Balaban J connectivity index is 2.13. The van der Waals surface area contributed by atoms with Gasteiger partial charge in [-0.15, -0.1) is 0 Å². The molecule has 9 heavy (non-hydrogen) atoms. The van der Waals surface area contributed by atoms with Crippen LogP contribution in [0.5, 0.6) is 0 Å². The van der Waals surface area contributed by atoms with Crippen LogP contribution in [0.1, 0.15) is 19.3 Å². The number of nitrogens with zero attached hydrogens (tertiary/aromatic N) is 2. The van der Waals surface area contributed by atoms with Gasteiger partial charge in [-0.25, -0.2) is 0 Å². The van der Waals surface area contributed by atoms with Gasteiger partial charge >= 0.3 is 5.54 Å². The van der Waals surface area contributed by atoms with Crippen molar-refractivity contribution in [2.45, 2.75) is 24.8 Å². The lowest BCUT2D eigenvalue weighted by Gasteiger charge is -1.89. The van der Waals surface area contributed by atoms with Crippen LogP contribution < -0.4 is 0 Å². The van der Waals surface area contributed by atoms with Crippen LogP contribution >= 0.6 is 0 Å². The van der Waals surface area contributed by atoms with Gasteiger partial charge in [0.2, 0.25) is 5.39 Å². The summed E-state index contributed by atoms with van der Waals surface area (Å²) in [4.78, 5) is 3.52. The summed E-state index contributed by atoms with van der Waals surface area (Å²) in [6.07, 6.45) is 3.91. The molecule has 0 aromatic heterocycles. The van der Waals surface area contributed by atoms with Crippen molar-refractivity contribution in [3.63, 3.8) is 0 Å². The quantitative estimate of drug-likeness (QED) is 0.448. The molecule has 4 fully saturated rings. The third-order valence-electron chi connectivity index (χ3n) is 3.64. The predicted molar refractivity (Wildman–Crippen MR) is 32.1 cm³/mol. The van der Waals surface area contributed by atoms with Gasteiger partial charge in [-0.3, -0.25) is 0 Å². The smallest absolute Gasteiger partial charge is 0.0386 e. The molecule has 0 saturated heterocycles. The molecule has 0 aromatic carbocycles. The maximum atomic E-state index is 8.69. The number of rotatable bonds is 0. The van der Waals surface area contributed by atoms with E-state index in [2.05, 4.69) is 4.98 Å². The Bertz CT molecular complexity index is 203. The first-order valence-electron chi connectivity index (χ1n) is 3.73. The van der Waals surface area contributed by atoms with Crippen molar-refractivity contribution < 1.29 is 0 Å². The Morgan fingerprint density at radius 1 is 1.33 bits per heavy atom. The number of hydrogen-bond acceptors (Lipinski definition) is 1. The van der Waals surface area contributed by atoms with E-state index in [-0.39, 0.29) is 5.54 Å². The third kappa shape index (κ3) is 0.252. The lowest BCUT2D eigenvalue weighted by atomic mass is 10.1. The van der Waals surface area contributed by atoms with Crippen LogP contribution in [0.25, 0.3) is 4.98 Å². The molecule has 4 bridgehead atoms. The molecular formula is C7H9N2+. The van der Waals surface area contributed by atoms with E-state index < -0.39 is 0 Å². The van der Waals surface area contributed by atoms with Crippen molar-refractivity contribution >= 4 is 0 Å². The SMILES string of the molecule is N#[N+]C12CC3CC1[C@@H]2C3. The second-order valence-corrected chi connectivity index (χ2v) is 3.85. The minimum atomic E-state index is 0.116. The molecule has 0 amide bonds. The highest BCUT2D eigenvalue weighted by atomic mass is 15.1. The topological polar surface area (TPSA) is 28.1 Å². The molecule has 0 heterocycles. The summed E-state index contributed by atoms with van der Waals surface area (Å²) in [7, 11) is 0. The summed E-state index contributed by atoms with van der Waals surface area (Å²) in [5, 5.41) is 8.69. The van der Waals surface area contributed by atoms with Gasteiger partial charge in [0.15, 0.2) is 0 Å². The van der Waals surface area contributed by atoms with E-state index >= 15 is 0 Å². The number of hydrogen-bond donors (Lipinski definition) is 0. The highest BCUT2D eigenvalue weighted by molar-refractivity contribution is 5.33. The standard InChI is InChI=1S/C7H9N2/c8-9-7-3-4-1-5(7)6(7)2-4/h4-6H,1-3H2/q+1/t4?,5-,6?,7?/m0/s1. The molecule has 3 unspecified atom stereocenters. The van der Waals surface area contributed by atoms with Crippen LogP contribution in [0.2, 0.25) is 0 Å². The number of diazo groups is 1. The molecule has 0 N–H and O–H groups in total. The fourth-order valence-corrected chi connectivity index (χ4v) is 3.26. The van der Waals surface area contributed by atoms with E-state index in [4.69, 9.17) is 5.39 Å². The zero-order valence-corrected chi connectivity index (χ0v) is 5.25. The van der Waals surface area contributed by atoms with Crippen LogP contribution in [0.15, 0.2) is 0 Å². The lowest BCUT2D eigenvalue weighted by Crippen LogP contribution is -1.97. The molecular weight excluding hydrogens is 112 g/mol. The van der Waals surface area contributed by atoms with Gasteiger partial charge in [0, 0.05) is 6.42 Å². The molecule has 4 aliphatic carbocycles. The van der Waals surface area contributed by atoms with Crippen LogP contribution in [0, 0.1) is 23.1 Å². The van der Waals surface area contributed by atoms with E-state index in [1.807, 2.05) is 0 Å². The van der Waals surface area contributed by atoms with Gasteiger partial charge in [0.1, 0.15) is 4.98 Å². The minimum Gasteiger partial charge on any atom is -0.0386 e. The zero-order valence-electron chi connectivity index (χ0n) is 5.25. The first-order valence-corrected chi connectivity index (χ1v) is 3.73. The highest BCUT2D eigenvalue weighted by Crippen LogP contribution is 2.75. The molecule has 4 rings (SSSR count). The summed E-state index contributed by atoms with van der Waals surface area (Å²) in [6, 6.07) is 0. The Morgan fingerprint density at radius 3 is 2.22 bits per heavy atom. The monoisotopic (exact) mass is 121 g/mol. The Labute approximate surface area is 53.9 Å². The molecule has 4 saturated carbocycles. The fraction of sp³-hybridized carbons (Fsp3) is 1.00. The molecule has 2 nitrogen and oxygen atoms in total. The maximum absolute atomic E-state index is 8.69. The summed E-state index contributed by atoms with van der Waals surface area (Å²) in [6.45, 7) is 0. The van der Waals surface area contributed by atoms with E-state index in [9.17, 15) is 0 Å². The van der Waals surface area contributed by atoms with Crippen molar-refractivity contribution in [3.8, 4) is 0 Å². The van der Waals surface area contributed by atoms with Crippen molar-refractivity contribution in [1.82, 2.24) is 0 Å². The van der Waals surface area contributed by atoms with Crippen LogP contribution in [0.4, 0.5) is 0 Å². The highest BCUT2D eigenvalue weighted by Gasteiger charge is 2.86. The van der Waals surface area contributed by atoms with Crippen molar-refractivity contribution in [1.29, 1.82) is 5.39 Å². The summed E-state index contributed by atoms with van der Waals surface area (Å²) >= 11 is 0. The molecule has 0 aromatic rings. The Morgan fingerprint density at radius 2 is 2.00 bits per heavy atom. The largest absolute Gasteiger partial charge is 0.329 e. The van der Waals surface area contributed by atoms with Gasteiger partial charge in [-0.05, 0) is 18.8 Å². The van der Waals surface area contributed by atoms with E-state index in [1.165, 1.54) is 19.3 Å². The molecule has 2 heteroatoms. The van der Waals surface area contributed by atoms with E-state index in [0.29, 0.717) is 0 Å². The first-order chi connectivity index (χ1) is 4.37. The molecule has 46 valence electrons.